The molecule has 3 rings (SSSR count). The molecule has 0 aliphatic heterocycles. The van der Waals surface area contributed by atoms with Crippen LogP contribution in [0.15, 0.2) is 66.7 Å². The zero-order valence-corrected chi connectivity index (χ0v) is 23.5. The molecule has 0 heterocycles. The predicted octanol–water partition coefficient (Wildman–Crippen LogP) is 3.21. The summed E-state index contributed by atoms with van der Waals surface area (Å²) in [5.41, 5.74) is 2.83. The van der Waals surface area contributed by atoms with Crippen molar-refractivity contribution in [1.29, 1.82) is 0 Å². The van der Waals surface area contributed by atoms with E-state index in [0.29, 0.717) is 0 Å². The Morgan fingerprint density at radius 3 is 2.27 bits per heavy atom. The number of amides is 3. The van der Waals surface area contributed by atoms with Crippen molar-refractivity contribution in [1.82, 2.24) is 15.5 Å². The number of hydrogen-bond donors (Lipinski definition) is 4. The lowest BCUT2D eigenvalue weighted by Gasteiger charge is -2.28. The van der Waals surface area contributed by atoms with Gasteiger partial charge in [-0.1, -0.05) is 80.6 Å². The summed E-state index contributed by atoms with van der Waals surface area (Å²) < 4.78 is 5.32. The highest BCUT2D eigenvalue weighted by atomic mass is 16.5. The first-order chi connectivity index (χ1) is 19.5. The maximum atomic E-state index is 13.2. The van der Waals surface area contributed by atoms with E-state index in [0.717, 1.165) is 27.5 Å². The summed E-state index contributed by atoms with van der Waals surface area (Å²) in [6.07, 6.45) is -1.67. The first kappa shape index (κ1) is 31.1. The van der Waals surface area contributed by atoms with E-state index in [1.165, 1.54) is 11.8 Å². The average molecular weight is 564 g/mol. The number of carboxylic acids is 1. The fourth-order valence-corrected chi connectivity index (χ4v) is 4.41. The molecule has 0 spiro atoms. The van der Waals surface area contributed by atoms with Crippen molar-refractivity contribution >= 4 is 34.6 Å². The molecule has 0 aliphatic carbocycles. The minimum atomic E-state index is -1.77. The number of nitrogens with one attached hydrogen (secondary N) is 2. The van der Waals surface area contributed by atoms with Crippen molar-refractivity contribution in [2.24, 2.45) is 5.92 Å². The first-order valence-electron chi connectivity index (χ1n) is 13.5. The highest BCUT2D eigenvalue weighted by Crippen LogP contribution is 2.28. The number of carboxylic acid groups (broad SMARTS) is 1. The molecular formula is C31H37N3O7. The van der Waals surface area contributed by atoms with Gasteiger partial charge in [0.2, 0.25) is 5.91 Å². The zero-order chi connectivity index (χ0) is 29.9. The molecule has 0 bridgehead atoms. The Morgan fingerprint density at radius 2 is 1.61 bits per heavy atom. The summed E-state index contributed by atoms with van der Waals surface area (Å²) in [4.78, 5) is 49.7. The van der Waals surface area contributed by atoms with E-state index in [4.69, 9.17) is 9.84 Å². The van der Waals surface area contributed by atoms with Gasteiger partial charge < -0.3 is 30.5 Å². The lowest BCUT2D eigenvalue weighted by molar-refractivity contribution is -0.148. The number of aliphatic carboxylic acids is 1. The van der Waals surface area contributed by atoms with E-state index < -0.39 is 36.7 Å². The van der Waals surface area contributed by atoms with Gasteiger partial charge in [0.1, 0.15) is 12.6 Å². The smallest absolute Gasteiger partial charge is 0.334 e. The Kier molecular flexibility index (Phi) is 11.2. The number of nitrogens with zero attached hydrogens (tertiary/aromatic N) is 1. The number of aliphatic hydroxyl groups is 1. The Bertz CT molecular complexity index is 1350. The number of ether oxygens (including phenoxy) is 1. The van der Waals surface area contributed by atoms with Gasteiger partial charge in [-0.05, 0) is 33.4 Å². The van der Waals surface area contributed by atoms with E-state index in [-0.39, 0.29) is 37.9 Å². The van der Waals surface area contributed by atoms with E-state index in [2.05, 4.69) is 28.8 Å². The molecule has 0 saturated carbocycles. The topological polar surface area (TPSA) is 145 Å². The highest BCUT2D eigenvalue weighted by Gasteiger charge is 2.28. The SMILES string of the molecule is CC(=O)NCCOC(=O)[C@H](Cc1ccc(-c2cccc3ccccc23)cc1)NC(=O)N(CC(C)C)CC(O)C(=O)O. The zero-order valence-electron chi connectivity index (χ0n) is 23.5. The van der Waals surface area contributed by atoms with Crippen molar-refractivity contribution in [3.63, 3.8) is 0 Å². The number of carbonyl (C=O) groups excluding carboxylic acids is 3. The van der Waals surface area contributed by atoms with Crippen LogP contribution in [0, 0.1) is 5.92 Å². The summed E-state index contributed by atoms with van der Waals surface area (Å²) in [5, 5.41) is 26.4. The lowest BCUT2D eigenvalue weighted by Crippen LogP contribution is -2.52. The number of rotatable bonds is 13. The summed E-state index contributed by atoms with van der Waals surface area (Å²) >= 11 is 0. The van der Waals surface area contributed by atoms with Gasteiger partial charge in [-0.15, -0.1) is 0 Å². The molecule has 2 atom stereocenters. The van der Waals surface area contributed by atoms with E-state index >= 15 is 0 Å². The van der Waals surface area contributed by atoms with E-state index in [9.17, 15) is 24.3 Å². The third-order valence-electron chi connectivity index (χ3n) is 6.35. The number of aliphatic hydroxyl groups excluding tert-OH is 1. The highest BCUT2D eigenvalue weighted by molar-refractivity contribution is 5.96. The van der Waals surface area contributed by atoms with Crippen molar-refractivity contribution in [3.8, 4) is 11.1 Å². The lowest BCUT2D eigenvalue weighted by atomic mass is 9.96. The summed E-state index contributed by atoms with van der Waals surface area (Å²) in [7, 11) is 0. The number of carbonyl (C=O) groups is 4. The maximum absolute atomic E-state index is 13.2. The Hall–Kier alpha value is -4.44. The van der Waals surface area contributed by atoms with E-state index in [1.54, 1.807) is 0 Å². The van der Waals surface area contributed by atoms with Gasteiger partial charge in [0, 0.05) is 19.9 Å². The summed E-state index contributed by atoms with van der Waals surface area (Å²) in [6, 6.07) is 20.0. The van der Waals surface area contributed by atoms with Crippen molar-refractivity contribution in [3.05, 3.63) is 72.3 Å². The molecule has 3 aromatic rings. The average Bonchev–Trinajstić information content (AvgIpc) is 2.94. The van der Waals surface area contributed by atoms with Crippen molar-refractivity contribution in [2.75, 3.05) is 26.2 Å². The van der Waals surface area contributed by atoms with Crippen LogP contribution in [-0.2, 0) is 25.5 Å². The van der Waals surface area contributed by atoms with Gasteiger partial charge in [-0.3, -0.25) is 4.79 Å². The standard InChI is InChI=1S/C31H37N3O7/c1-20(2)18-34(19-28(36)29(37)38)31(40)33-27(30(39)41-16-15-32-21(3)35)17-22-11-13-24(14-12-22)26-10-6-8-23-7-4-5-9-25(23)26/h4-14,20,27-28,36H,15-19H2,1-3H3,(H,32,35)(H,33,40)(H,37,38)/t27-,28?/m0/s1. The minimum absolute atomic E-state index is 0.0218. The molecule has 0 aliphatic rings. The second-order valence-electron chi connectivity index (χ2n) is 10.2. The molecule has 0 radical (unpaired) electrons. The third-order valence-corrected chi connectivity index (χ3v) is 6.35. The molecule has 41 heavy (non-hydrogen) atoms. The summed E-state index contributed by atoms with van der Waals surface area (Å²) in [5.74, 6) is -2.44. The normalized spacial score (nSPS) is 12.4. The second kappa shape index (κ2) is 14.8. The van der Waals surface area contributed by atoms with Crippen LogP contribution in [-0.4, -0.2) is 77.4 Å². The van der Waals surface area contributed by atoms with E-state index in [1.807, 2.05) is 62.4 Å². The fraction of sp³-hybridized carbons (Fsp3) is 0.355. The number of urea groups is 1. The van der Waals surface area contributed by atoms with Gasteiger partial charge in [0.25, 0.3) is 0 Å². The molecule has 3 aromatic carbocycles. The number of hydrogen-bond acceptors (Lipinski definition) is 6. The monoisotopic (exact) mass is 563 g/mol. The Balaban J connectivity index is 1.80. The Morgan fingerprint density at radius 1 is 0.927 bits per heavy atom. The Labute approximate surface area is 239 Å². The molecular weight excluding hydrogens is 526 g/mol. The molecule has 0 aromatic heterocycles. The molecule has 0 saturated heterocycles. The molecule has 1 unspecified atom stereocenters. The minimum Gasteiger partial charge on any atom is -0.479 e. The quantitative estimate of drug-likeness (QED) is 0.185. The van der Waals surface area contributed by atoms with Crippen LogP contribution < -0.4 is 10.6 Å². The van der Waals surface area contributed by atoms with Gasteiger partial charge in [0.15, 0.2) is 6.10 Å². The van der Waals surface area contributed by atoms with Crippen LogP contribution in [0.25, 0.3) is 21.9 Å². The molecule has 3 amide bonds. The predicted molar refractivity (Wildman–Crippen MR) is 155 cm³/mol. The number of esters is 1. The third kappa shape index (κ3) is 9.32. The molecule has 218 valence electrons. The van der Waals surface area contributed by atoms with Gasteiger partial charge in [-0.2, -0.15) is 0 Å². The van der Waals surface area contributed by atoms with Crippen molar-refractivity contribution < 1.29 is 34.1 Å². The number of fused-ring (bicyclic) bond motifs is 1. The van der Waals surface area contributed by atoms with Crippen molar-refractivity contribution in [2.45, 2.75) is 39.3 Å². The van der Waals surface area contributed by atoms with Gasteiger partial charge in [0.05, 0.1) is 13.1 Å². The number of benzene rings is 3. The van der Waals surface area contributed by atoms with Gasteiger partial charge >= 0.3 is 18.0 Å². The van der Waals surface area contributed by atoms with Crippen LogP contribution in [0.3, 0.4) is 0 Å². The van der Waals surface area contributed by atoms with Crippen LogP contribution in [0.4, 0.5) is 4.79 Å². The second-order valence-corrected chi connectivity index (χ2v) is 10.2. The molecule has 10 heteroatoms. The summed E-state index contributed by atoms with van der Waals surface area (Å²) in [6.45, 7) is 4.80. The first-order valence-corrected chi connectivity index (χ1v) is 13.5. The van der Waals surface area contributed by atoms with Crippen LogP contribution in [0.2, 0.25) is 0 Å². The molecule has 4 N–H and O–H groups in total. The molecule has 0 fully saturated rings. The van der Waals surface area contributed by atoms with Crippen LogP contribution in [0.1, 0.15) is 26.3 Å². The van der Waals surface area contributed by atoms with Crippen LogP contribution >= 0.6 is 0 Å². The largest absolute Gasteiger partial charge is 0.479 e. The van der Waals surface area contributed by atoms with Crippen LogP contribution in [0.5, 0.6) is 0 Å². The van der Waals surface area contributed by atoms with Gasteiger partial charge in [-0.25, -0.2) is 14.4 Å². The molecule has 10 nitrogen and oxygen atoms in total. The maximum Gasteiger partial charge on any atom is 0.334 e. The fourth-order valence-electron chi connectivity index (χ4n) is 4.41.